The maximum atomic E-state index is 6.33. The normalized spacial score (nSPS) is 13.2. The molecule has 0 atom stereocenters. The van der Waals surface area contributed by atoms with E-state index in [1.807, 2.05) is 0 Å². The minimum absolute atomic E-state index is 0.189. The molecule has 0 fully saturated rings. The molecule has 1 aliphatic carbocycles. The Labute approximate surface area is 308 Å². The van der Waals surface area contributed by atoms with Crippen molar-refractivity contribution in [2.75, 3.05) is 0 Å². The lowest BCUT2D eigenvalue weighted by molar-refractivity contribution is 0.657. The van der Waals surface area contributed by atoms with E-state index in [0.717, 1.165) is 16.9 Å². The van der Waals surface area contributed by atoms with Gasteiger partial charge in [-0.05, 0) is 110 Å². The first-order chi connectivity index (χ1) is 26.0. The van der Waals surface area contributed by atoms with Crippen LogP contribution >= 0.6 is 0 Å². The molecule has 0 unspecified atom stereocenters. The molecule has 2 heterocycles. The summed E-state index contributed by atoms with van der Waals surface area (Å²) in [4.78, 5) is 0. The van der Waals surface area contributed by atoms with E-state index in [9.17, 15) is 0 Å². The fourth-order valence-corrected chi connectivity index (χ4v) is 9.02. The van der Waals surface area contributed by atoms with E-state index in [1.54, 1.807) is 0 Å². The predicted octanol–water partition coefficient (Wildman–Crippen LogP) is 14.0. The minimum atomic E-state index is -0.189. The standard InChI is InChI=1S/C51H35NO/c1-51(2)44-31-37(21-24-39(44)40-25-28-48-49(50(40)51)41-15-9-10-16-47(41)53-48)36-23-27-46-43(30-36)42-29-35(22-26-45(42)52(46)38-13-7-4-8-14-38)34-19-17-33(18-20-34)32-11-5-3-6-12-32/h3-31H,1-2H3. The van der Waals surface area contributed by atoms with Crippen LogP contribution in [0.4, 0.5) is 0 Å². The number of nitrogens with zero attached hydrogens (tertiary/aromatic N) is 1. The summed E-state index contributed by atoms with van der Waals surface area (Å²) in [7, 11) is 0. The van der Waals surface area contributed by atoms with Crippen molar-refractivity contribution in [2.24, 2.45) is 0 Å². The second-order valence-corrected chi connectivity index (χ2v) is 14.9. The lowest BCUT2D eigenvalue weighted by atomic mass is 9.80. The van der Waals surface area contributed by atoms with Crippen LogP contribution in [0.25, 0.3) is 93.9 Å². The molecule has 0 radical (unpaired) electrons. The Morgan fingerprint density at radius 3 is 1.66 bits per heavy atom. The van der Waals surface area contributed by atoms with Crippen LogP contribution in [0.3, 0.4) is 0 Å². The highest BCUT2D eigenvalue weighted by Crippen LogP contribution is 2.54. The molecule has 2 aromatic heterocycles. The van der Waals surface area contributed by atoms with Crippen molar-refractivity contribution in [1.82, 2.24) is 4.57 Å². The molecule has 0 aliphatic heterocycles. The molecule has 2 heteroatoms. The molecular weight excluding hydrogens is 643 g/mol. The third-order valence-corrected chi connectivity index (χ3v) is 11.6. The monoisotopic (exact) mass is 677 g/mol. The lowest BCUT2D eigenvalue weighted by Crippen LogP contribution is -2.15. The summed E-state index contributed by atoms with van der Waals surface area (Å²) < 4.78 is 8.73. The molecule has 8 aromatic carbocycles. The smallest absolute Gasteiger partial charge is 0.135 e. The number of rotatable bonds is 4. The lowest BCUT2D eigenvalue weighted by Gasteiger charge is -2.23. The van der Waals surface area contributed by atoms with Crippen LogP contribution in [0.1, 0.15) is 25.0 Å². The Balaban J connectivity index is 1.06. The van der Waals surface area contributed by atoms with E-state index in [4.69, 9.17) is 4.42 Å². The van der Waals surface area contributed by atoms with Crippen LogP contribution in [0, 0.1) is 0 Å². The number of hydrogen-bond acceptors (Lipinski definition) is 1. The molecule has 0 amide bonds. The Bertz CT molecular complexity index is 3050. The molecule has 0 saturated heterocycles. The zero-order valence-corrected chi connectivity index (χ0v) is 29.6. The van der Waals surface area contributed by atoms with Gasteiger partial charge >= 0.3 is 0 Å². The Hall–Kier alpha value is -6.64. The average Bonchev–Trinajstić information content (AvgIpc) is 3.83. The second-order valence-electron chi connectivity index (χ2n) is 14.9. The third-order valence-electron chi connectivity index (χ3n) is 11.6. The van der Waals surface area contributed by atoms with E-state index < -0.39 is 0 Å². The quantitative estimate of drug-likeness (QED) is 0.181. The van der Waals surface area contributed by atoms with Crippen molar-refractivity contribution in [1.29, 1.82) is 0 Å². The van der Waals surface area contributed by atoms with Gasteiger partial charge in [0.05, 0.1) is 11.0 Å². The van der Waals surface area contributed by atoms with Crippen LogP contribution in [-0.4, -0.2) is 4.57 Å². The highest BCUT2D eigenvalue weighted by molar-refractivity contribution is 6.13. The van der Waals surface area contributed by atoms with Crippen LogP contribution in [0.15, 0.2) is 180 Å². The van der Waals surface area contributed by atoms with E-state index in [1.165, 1.54) is 88.2 Å². The average molecular weight is 678 g/mol. The predicted molar refractivity (Wildman–Crippen MR) is 222 cm³/mol. The molecule has 250 valence electrons. The molecule has 2 nitrogen and oxygen atoms in total. The molecule has 0 bridgehead atoms. The highest BCUT2D eigenvalue weighted by atomic mass is 16.3. The number of aromatic nitrogens is 1. The second kappa shape index (κ2) is 11.2. The van der Waals surface area contributed by atoms with Gasteiger partial charge in [0.1, 0.15) is 11.2 Å². The highest BCUT2D eigenvalue weighted by Gasteiger charge is 2.38. The van der Waals surface area contributed by atoms with Crippen LogP contribution < -0.4 is 0 Å². The number of hydrogen-bond donors (Lipinski definition) is 0. The molecule has 10 aromatic rings. The first kappa shape index (κ1) is 30.0. The van der Waals surface area contributed by atoms with Crippen LogP contribution in [0.5, 0.6) is 0 Å². The Morgan fingerprint density at radius 2 is 0.943 bits per heavy atom. The number of para-hydroxylation sites is 2. The van der Waals surface area contributed by atoms with Crippen LogP contribution in [-0.2, 0) is 5.41 Å². The Morgan fingerprint density at radius 1 is 0.415 bits per heavy atom. The molecule has 11 rings (SSSR count). The molecule has 1 aliphatic rings. The van der Waals surface area contributed by atoms with Crippen molar-refractivity contribution in [3.63, 3.8) is 0 Å². The van der Waals surface area contributed by atoms with Gasteiger partial charge in [0.15, 0.2) is 0 Å². The maximum Gasteiger partial charge on any atom is 0.135 e. The first-order valence-corrected chi connectivity index (χ1v) is 18.4. The number of benzene rings is 8. The summed E-state index contributed by atoms with van der Waals surface area (Å²) in [6.07, 6.45) is 0. The summed E-state index contributed by atoms with van der Waals surface area (Å²) in [6, 6.07) is 64.1. The minimum Gasteiger partial charge on any atom is -0.456 e. The zero-order chi connectivity index (χ0) is 35.3. The van der Waals surface area contributed by atoms with Crippen molar-refractivity contribution in [2.45, 2.75) is 19.3 Å². The number of furan rings is 1. The topological polar surface area (TPSA) is 18.1 Å². The number of fused-ring (bicyclic) bond motifs is 10. The largest absolute Gasteiger partial charge is 0.456 e. The fraction of sp³-hybridized carbons (Fsp3) is 0.0588. The van der Waals surface area contributed by atoms with Gasteiger partial charge in [0.25, 0.3) is 0 Å². The van der Waals surface area contributed by atoms with Crippen LogP contribution in [0.2, 0.25) is 0 Å². The van der Waals surface area contributed by atoms with Crippen molar-refractivity contribution < 1.29 is 4.42 Å². The van der Waals surface area contributed by atoms with E-state index in [0.29, 0.717) is 0 Å². The van der Waals surface area contributed by atoms with Crippen molar-refractivity contribution in [3.8, 4) is 50.2 Å². The van der Waals surface area contributed by atoms with Crippen molar-refractivity contribution >= 4 is 43.7 Å². The molecule has 0 saturated carbocycles. The van der Waals surface area contributed by atoms with Gasteiger partial charge in [-0.1, -0.05) is 135 Å². The van der Waals surface area contributed by atoms with Gasteiger partial charge < -0.3 is 8.98 Å². The van der Waals surface area contributed by atoms with Gasteiger partial charge in [-0.2, -0.15) is 0 Å². The van der Waals surface area contributed by atoms with Gasteiger partial charge in [-0.3, -0.25) is 0 Å². The zero-order valence-electron chi connectivity index (χ0n) is 29.6. The summed E-state index contributed by atoms with van der Waals surface area (Å²) >= 11 is 0. The van der Waals surface area contributed by atoms with E-state index in [2.05, 4.69) is 194 Å². The third kappa shape index (κ3) is 4.45. The maximum absolute atomic E-state index is 6.33. The Kier molecular flexibility index (Phi) is 6.33. The summed E-state index contributed by atoms with van der Waals surface area (Å²) in [5.41, 5.74) is 17.9. The molecular formula is C51H35NO. The molecule has 0 N–H and O–H groups in total. The van der Waals surface area contributed by atoms with E-state index >= 15 is 0 Å². The van der Waals surface area contributed by atoms with Gasteiger partial charge in [0, 0.05) is 32.6 Å². The first-order valence-electron chi connectivity index (χ1n) is 18.4. The summed E-state index contributed by atoms with van der Waals surface area (Å²) in [6.45, 7) is 4.74. The van der Waals surface area contributed by atoms with Gasteiger partial charge in [-0.15, -0.1) is 0 Å². The SMILES string of the molecule is CC1(C)c2cc(-c3ccc4c(c3)c3cc(-c5ccc(-c6ccccc6)cc5)ccc3n4-c3ccccc3)ccc2-c2ccc3oc4ccccc4c3c21. The van der Waals surface area contributed by atoms with Gasteiger partial charge in [0.2, 0.25) is 0 Å². The summed E-state index contributed by atoms with van der Waals surface area (Å²) in [5.74, 6) is 0. The van der Waals surface area contributed by atoms with Crippen molar-refractivity contribution in [3.05, 3.63) is 187 Å². The van der Waals surface area contributed by atoms with E-state index in [-0.39, 0.29) is 5.41 Å². The summed E-state index contributed by atoms with van der Waals surface area (Å²) in [5, 5.41) is 4.92. The van der Waals surface area contributed by atoms with Gasteiger partial charge in [-0.25, -0.2) is 0 Å². The molecule has 0 spiro atoms. The fourth-order valence-electron chi connectivity index (χ4n) is 9.02. The molecule has 53 heavy (non-hydrogen) atoms.